The van der Waals surface area contributed by atoms with E-state index in [-0.39, 0.29) is 12.3 Å². The highest BCUT2D eigenvalue weighted by molar-refractivity contribution is 7.98. The van der Waals surface area contributed by atoms with E-state index in [0.29, 0.717) is 31.6 Å². The maximum Gasteiger partial charge on any atom is 0.328 e. The number of hydrogen-bond donors (Lipinski definition) is 7. The van der Waals surface area contributed by atoms with E-state index >= 15 is 0 Å². The topological polar surface area (TPSA) is 197 Å². The minimum absolute atomic E-state index is 0.0126. The molecule has 0 bridgehead atoms. The Morgan fingerprint density at radius 2 is 1.47 bits per heavy atom. The third-order valence-corrected chi connectivity index (χ3v) is 5.33. The first-order valence-corrected chi connectivity index (χ1v) is 12.2. The number of nitrogens with one attached hydrogen (secondary N) is 3. The van der Waals surface area contributed by atoms with Crippen molar-refractivity contribution in [1.82, 2.24) is 16.0 Å². The predicted octanol–water partition coefficient (Wildman–Crippen LogP) is -1.23. The summed E-state index contributed by atoms with van der Waals surface area (Å²) in [5, 5.41) is 25.7. The fraction of sp³-hybridized carbons (Fsp3) is 0.800. The number of carbonyl (C=O) groups is 4. The molecule has 0 heterocycles. The molecule has 12 heteroatoms. The largest absolute Gasteiger partial charge is 0.480 e. The molecule has 0 radical (unpaired) electrons. The summed E-state index contributed by atoms with van der Waals surface area (Å²) >= 11 is 1.50. The van der Waals surface area contributed by atoms with Crippen LogP contribution in [0.1, 0.15) is 46.0 Å². The zero-order valence-electron chi connectivity index (χ0n) is 19.1. The van der Waals surface area contributed by atoms with Crippen LogP contribution < -0.4 is 27.4 Å². The summed E-state index contributed by atoms with van der Waals surface area (Å²) in [6, 6.07) is -4.18. The van der Waals surface area contributed by atoms with Gasteiger partial charge in [-0.3, -0.25) is 14.4 Å². The van der Waals surface area contributed by atoms with Crippen molar-refractivity contribution in [3.8, 4) is 0 Å². The van der Waals surface area contributed by atoms with Crippen LogP contribution in [-0.4, -0.2) is 83.2 Å². The van der Waals surface area contributed by atoms with Gasteiger partial charge in [-0.1, -0.05) is 20.3 Å². The molecule has 9 N–H and O–H groups in total. The van der Waals surface area contributed by atoms with Gasteiger partial charge in [0.25, 0.3) is 0 Å². The highest BCUT2D eigenvalue weighted by atomic mass is 32.2. The number of thioether (sulfide) groups is 1. The number of aliphatic carboxylic acids is 1. The number of unbranched alkanes of at least 4 members (excludes halogenated alkanes) is 1. The van der Waals surface area contributed by atoms with Gasteiger partial charge in [-0.25, -0.2) is 4.79 Å². The Bertz CT molecular complexity index is 607. The zero-order valence-corrected chi connectivity index (χ0v) is 20.0. The lowest BCUT2D eigenvalue weighted by molar-refractivity contribution is -0.143. The summed E-state index contributed by atoms with van der Waals surface area (Å²) in [6.07, 6.45) is 4.32. The van der Waals surface area contributed by atoms with E-state index in [1.165, 1.54) is 11.8 Å². The number of amides is 3. The van der Waals surface area contributed by atoms with Crippen LogP contribution in [0.4, 0.5) is 0 Å². The molecular formula is C20H39N5O6S. The molecule has 32 heavy (non-hydrogen) atoms. The molecule has 4 atom stereocenters. The molecule has 11 nitrogen and oxygen atoms in total. The molecular weight excluding hydrogens is 438 g/mol. The standard InChI is InChI=1S/C20H39N5O6S/c1-12(2)10-15(19(29)25-16(11-26)20(30)31)24-18(28)14(7-9-32-3)23-17(27)13(22)6-4-5-8-21/h12-16,26H,4-11,21-22H2,1-3H3,(H,23,27)(H,24,28)(H,25,29)(H,30,31). The van der Waals surface area contributed by atoms with Gasteiger partial charge in [0.15, 0.2) is 0 Å². The second kappa shape index (κ2) is 16.7. The number of carbonyl (C=O) groups excluding carboxylic acids is 3. The van der Waals surface area contributed by atoms with Crippen molar-refractivity contribution in [3.63, 3.8) is 0 Å². The van der Waals surface area contributed by atoms with Crippen LogP contribution in [0, 0.1) is 5.92 Å². The van der Waals surface area contributed by atoms with Gasteiger partial charge in [-0.2, -0.15) is 11.8 Å². The minimum atomic E-state index is -1.48. The summed E-state index contributed by atoms with van der Waals surface area (Å²) in [5.74, 6) is -2.52. The van der Waals surface area contributed by atoms with Crippen molar-refractivity contribution in [2.45, 2.75) is 70.1 Å². The third kappa shape index (κ3) is 12.2. The van der Waals surface area contributed by atoms with Crippen molar-refractivity contribution in [3.05, 3.63) is 0 Å². The molecule has 3 amide bonds. The van der Waals surface area contributed by atoms with Gasteiger partial charge < -0.3 is 37.6 Å². The fourth-order valence-electron chi connectivity index (χ4n) is 2.86. The van der Waals surface area contributed by atoms with E-state index in [2.05, 4.69) is 16.0 Å². The molecule has 0 saturated heterocycles. The van der Waals surface area contributed by atoms with Crippen molar-refractivity contribution < 1.29 is 29.4 Å². The van der Waals surface area contributed by atoms with E-state index < -0.39 is 54.5 Å². The highest BCUT2D eigenvalue weighted by Gasteiger charge is 2.30. The first kappa shape index (κ1) is 30.1. The number of rotatable bonds is 17. The Labute approximate surface area is 193 Å². The monoisotopic (exact) mass is 477 g/mol. The van der Waals surface area contributed by atoms with E-state index in [9.17, 15) is 19.2 Å². The summed E-state index contributed by atoms with van der Waals surface area (Å²) in [4.78, 5) is 49.0. The maximum atomic E-state index is 12.9. The Morgan fingerprint density at radius 1 is 0.906 bits per heavy atom. The van der Waals surface area contributed by atoms with Crippen molar-refractivity contribution in [2.24, 2.45) is 17.4 Å². The van der Waals surface area contributed by atoms with Crippen LogP contribution in [0.3, 0.4) is 0 Å². The zero-order chi connectivity index (χ0) is 24.7. The number of nitrogens with two attached hydrogens (primary N) is 2. The molecule has 0 aromatic carbocycles. The quantitative estimate of drug-likeness (QED) is 0.125. The second-order valence-electron chi connectivity index (χ2n) is 8.01. The lowest BCUT2D eigenvalue weighted by Gasteiger charge is -2.25. The molecule has 0 aliphatic carbocycles. The molecule has 0 aliphatic heterocycles. The Hall–Kier alpha value is -1.89. The summed E-state index contributed by atoms with van der Waals surface area (Å²) < 4.78 is 0. The lowest BCUT2D eigenvalue weighted by Crippen LogP contribution is -2.57. The lowest BCUT2D eigenvalue weighted by atomic mass is 10.0. The SMILES string of the molecule is CSCCC(NC(=O)C(N)CCCCN)C(=O)NC(CC(C)C)C(=O)NC(CO)C(=O)O. The van der Waals surface area contributed by atoms with Crippen LogP contribution in [0.25, 0.3) is 0 Å². The Balaban J connectivity index is 5.28. The molecule has 0 aromatic rings. The average molecular weight is 478 g/mol. The van der Waals surface area contributed by atoms with Crippen LogP contribution in [-0.2, 0) is 19.2 Å². The first-order valence-electron chi connectivity index (χ1n) is 10.8. The van der Waals surface area contributed by atoms with Gasteiger partial charge in [0, 0.05) is 0 Å². The number of carboxylic acid groups (broad SMARTS) is 1. The molecule has 0 rings (SSSR count). The predicted molar refractivity (Wildman–Crippen MR) is 124 cm³/mol. The molecule has 0 spiro atoms. The summed E-state index contributed by atoms with van der Waals surface area (Å²) in [5.41, 5.74) is 11.4. The minimum Gasteiger partial charge on any atom is -0.480 e. The Kier molecular flexibility index (Phi) is 15.7. The van der Waals surface area contributed by atoms with Crippen LogP contribution in [0.15, 0.2) is 0 Å². The van der Waals surface area contributed by atoms with E-state index in [0.717, 1.165) is 6.42 Å². The highest BCUT2D eigenvalue weighted by Crippen LogP contribution is 2.08. The molecule has 0 fully saturated rings. The van der Waals surface area contributed by atoms with Crippen LogP contribution in [0.5, 0.6) is 0 Å². The van der Waals surface area contributed by atoms with Crippen molar-refractivity contribution >= 4 is 35.5 Å². The molecule has 4 unspecified atom stereocenters. The van der Waals surface area contributed by atoms with Gasteiger partial charge in [0.1, 0.15) is 18.1 Å². The van der Waals surface area contributed by atoms with Gasteiger partial charge in [0.2, 0.25) is 17.7 Å². The smallest absolute Gasteiger partial charge is 0.328 e. The number of carboxylic acids is 1. The van der Waals surface area contributed by atoms with E-state index in [4.69, 9.17) is 21.7 Å². The van der Waals surface area contributed by atoms with Gasteiger partial charge >= 0.3 is 5.97 Å². The van der Waals surface area contributed by atoms with Crippen molar-refractivity contribution in [1.29, 1.82) is 0 Å². The van der Waals surface area contributed by atoms with E-state index in [1.54, 1.807) is 0 Å². The maximum absolute atomic E-state index is 12.9. The molecule has 0 saturated carbocycles. The average Bonchev–Trinajstić information content (AvgIpc) is 2.73. The molecule has 186 valence electrons. The number of hydrogen-bond acceptors (Lipinski definition) is 8. The van der Waals surface area contributed by atoms with Gasteiger partial charge in [0.05, 0.1) is 12.6 Å². The van der Waals surface area contributed by atoms with Crippen LogP contribution in [0.2, 0.25) is 0 Å². The molecule has 0 aliphatic rings. The van der Waals surface area contributed by atoms with Crippen molar-refractivity contribution in [2.75, 3.05) is 25.2 Å². The molecule has 0 aromatic heterocycles. The number of aliphatic hydroxyl groups is 1. The first-order chi connectivity index (χ1) is 15.1. The van der Waals surface area contributed by atoms with Gasteiger partial charge in [-0.05, 0) is 50.2 Å². The van der Waals surface area contributed by atoms with Crippen LogP contribution >= 0.6 is 11.8 Å². The Morgan fingerprint density at radius 3 is 1.97 bits per heavy atom. The summed E-state index contributed by atoms with van der Waals surface area (Å²) in [7, 11) is 0. The third-order valence-electron chi connectivity index (χ3n) is 4.69. The fourth-order valence-corrected chi connectivity index (χ4v) is 3.33. The summed E-state index contributed by atoms with van der Waals surface area (Å²) in [6.45, 7) is 3.42. The number of aliphatic hydroxyl groups excluding tert-OH is 1. The normalized spacial score (nSPS) is 14.8. The second-order valence-corrected chi connectivity index (χ2v) is 8.99. The van der Waals surface area contributed by atoms with Gasteiger partial charge in [-0.15, -0.1) is 0 Å². The van der Waals surface area contributed by atoms with E-state index in [1.807, 2.05) is 20.1 Å².